The van der Waals surface area contributed by atoms with E-state index in [9.17, 15) is 19.2 Å². The van der Waals surface area contributed by atoms with Crippen molar-refractivity contribution in [3.05, 3.63) is 111 Å². The number of carbonyl (C=O) groups is 4. The summed E-state index contributed by atoms with van der Waals surface area (Å²) in [5.74, 6) is -3.72. The Bertz CT molecular complexity index is 2660. The lowest BCUT2D eigenvalue weighted by molar-refractivity contribution is -0.136. The van der Waals surface area contributed by atoms with Crippen LogP contribution in [0.15, 0.2) is 67.0 Å². The number of pyridine rings is 1. The molecule has 0 saturated carbocycles. The molecule has 65 heavy (non-hydrogen) atoms. The highest BCUT2D eigenvalue weighted by atomic mass is 35.5. The topological polar surface area (TPSA) is 188 Å². The first-order chi connectivity index (χ1) is 31.6. The average molecular weight is 911 g/mol. The summed E-state index contributed by atoms with van der Waals surface area (Å²) in [6, 6.07) is 15.4. The van der Waals surface area contributed by atoms with E-state index in [4.69, 9.17) is 30.5 Å². The Labute approximate surface area is 376 Å². The molecule has 2 fully saturated rings. The first kappa shape index (κ1) is 43.9. The number of aromatic nitrogens is 4. The second-order valence-corrected chi connectivity index (χ2v) is 16.5. The van der Waals surface area contributed by atoms with Crippen molar-refractivity contribution < 1.29 is 46.9 Å². The van der Waals surface area contributed by atoms with E-state index in [1.54, 1.807) is 23.0 Å². The molecule has 19 heteroatoms. The number of hydrogen-bond acceptors (Lipinski definition) is 12. The zero-order valence-electron chi connectivity index (χ0n) is 35.3. The maximum atomic E-state index is 16.7. The Morgan fingerprint density at radius 2 is 1.82 bits per heavy atom. The summed E-state index contributed by atoms with van der Waals surface area (Å²) in [6.07, 6.45) is 5.38. The molecule has 3 atom stereocenters. The van der Waals surface area contributed by atoms with Gasteiger partial charge in [-0.1, -0.05) is 53.2 Å². The fourth-order valence-corrected chi connectivity index (χ4v) is 9.36. The van der Waals surface area contributed by atoms with E-state index >= 15 is 8.78 Å². The minimum absolute atomic E-state index is 0.00246. The number of hydrogen-bond donors (Lipinski definition) is 3. The van der Waals surface area contributed by atoms with Crippen LogP contribution in [0.5, 0.6) is 11.6 Å². The molecule has 2 aromatic heterocycles. The molecule has 3 N–H and O–H groups in total. The van der Waals surface area contributed by atoms with Gasteiger partial charge in [0.15, 0.2) is 11.4 Å². The number of nitrogens with one attached hydrogen (secondary N) is 3. The minimum Gasteiger partial charge on any atom is -0.480 e. The summed E-state index contributed by atoms with van der Waals surface area (Å²) in [5, 5.41) is 16.5. The van der Waals surface area contributed by atoms with Crippen LogP contribution in [0.1, 0.15) is 63.1 Å². The van der Waals surface area contributed by atoms with Crippen LogP contribution in [0.25, 0.3) is 22.4 Å². The minimum atomic E-state index is -0.987. The first-order valence-corrected chi connectivity index (χ1v) is 21.8. The van der Waals surface area contributed by atoms with Crippen molar-refractivity contribution >= 4 is 35.2 Å². The van der Waals surface area contributed by atoms with E-state index in [1.165, 1.54) is 24.2 Å². The second-order valence-electron chi connectivity index (χ2n) is 16.2. The molecule has 5 aromatic rings. The van der Waals surface area contributed by atoms with Crippen LogP contribution >= 0.6 is 11.6 Å². The van der Waals surface area contributed by atoms with Crippen molar-refractivity contribution in [2.24, 2.45) is 0 Å². The number of piperidine rings is 1. The Kier molecular flexibility index (Phi) is 12.6. The molecule has 0 bridgehead atoms. The summed E-state index contributed by atoms with van der Waals surface area (Å²) < 4.78 is 57.8. The van der Waals surface area contributed by atoms with Crippen LogP contribution in [-0.2, 0) is 44.2 Å². The van der Waals surface area contributed by atoms with Crippen LogP contribution in [-0.4, -0.2) is 107 Å². The molecule has 0 radical (unpaired) electrons. The maximum Gasteiger partial charge on any atom is 0.255 e. The smallest absolute Gasteiger partial charge is 0.255 e. The predicted molar refractivity (Wildman–Crippen MR) is 230 cm³/mol. The third kappa shape index (κ3) is 8.54. The van der Waals surface area contributed by atoms with Gasteiger partial charge in [0.25, 0.3) is 17.7 Å². The van der Waals surface area contributed by atoms with Gasteiger partial charge in [-0.05, 0) is 49.1 Å². The quantitative estimate of drug-likeness (QED) is 0.0913. The van der Waals surface area contributed by atoms with Gasteiger partial charge in [-0.2, -0.15) is 0 Å². The van der Waals surface area contributed by atoms with Gasteiger partial charge in [0, 0.05) is 66.5 Å². The lowest BCUT2D eigenvalue weighted by atomic mass is 9.80. The zero-order valence-corrected chi connectivity index (χ0v) is 36.1. The number of benzene rings is 3. The summed E-state index contributed by atoms with van der Waals surface area (Å²) in [6.45, 7) is 2.15. The van der Waals surface area contributed by atoms with Crippen molar-refractivity contribution in [2.75, 3.05) is 46.6 Å². The highest BCUT2D eigenvalue weighted by Gasteiger charge is 2.50. The molecule has 338 valence electrons. The number of amides is 4. The van der Waals surface area contributed by atoms with Gasteiger partial charge in [-0.15, -0.1) is 5.10 Å². The van der Waals surface area contributed by atoms with E-state index in [1.807, 2.05) is 36.4 Å². The van der Waals surface area contributed by atoms with Crippen molar-refractivity contribution in [3.8, 4) is 34.0 Å². The Hall–Kier alpha value is -6.34. The van der Waals surface area contributed by atoms with Crippen LogP contribution in [0.3, 0.4) is 0 Å². The molecule has 0 aliphatic carbocycles. The van der Waals surface area contributed by atoms with Crippen LogP contribution in [0.2, 0.25) is 5.02 Å². The molecule has 4 aliphatic rings. The number of carbonyl (C=O) groups excluding carboxylic acids is 4. The summed E-state index contributed by atoms with van der Waals surface area (Å²) in [7, 11) is 1.40. The standard InChI is InChI=1S/C46H45ClF2N8O8/c1-50-42(59)31-23-52-44(41(49)39(31)38-30-22-46(36-8-5-13-51-36,28-6-3-2-4-7-28)65-35(30)21-32(48)40(38)47)64-19-18-63-17-16-62-15-14-56-25-33(54-55-56)26-9-10-29-27(20-26)24-57(45(29)61)34-11-12-37(58)53-43(34)60/h2-4,6-7,9-10,20-21,23,25,34,36,51H,5,8,11-19,22,24H2,1H3,(H,50,59)(H,53,58,60)/t34-,36-,46-/m0/s1. The van der Waals surface area contributed by atoms with E-state index in [0.29, 0.717) is 30.0 Å². The Morgan fingerprint density at radius 3 is 2.58 bits per heavy atom. The van der Waals surface area contributed by atoms with Gasteiger partial charge in [0.05, 0.1) is 55.8 Å². The Balaban J connectivity index is 0.788. The molecule has 4 amide bonds. The first-order valence-electron chi connectivity index (χ1n) is 21.4. The molecule has 16 nitrogen and oxygen atoms in total. The monoisotopic (exact) mass is 910 g/mol. The lowest BCUT2D eigenvalue weighted by Crippen LogP contribution is -2.52. The molecule has 0 unspecified atom stereocenters. The van der Waals surface area contributed by atoms with Crippen molar-refractivity contribution in [2.45, 2.75) is 62.9 Å². The molecule has 2 saturated heterocycles. The van der Waals surface area contributed by atoms with Crippen molar-refractivity contribution in [1.29, 1.82) is 0 Å². The number of nitrogens with zero attached hydrogens (tertiary/aromatic N) is 5. The van der Waals surface area contributed by atoms with Crippen LogP contribution in [0, 0.1) is 11.6 Å². The number of ether oxygens (including phenoxy) is 4. The fraction of sp³-hybridized carbons (Fsp3) is 0.370. The molecular formula is C46H45ClF2N8O8. The second kappa shape index (κ2) is 18.6. The summed E-state index contributed by atoms with van der Waals surface area (Å²) >= 11 is 6.69. The van der Waals surface area contributed by atoms with Gasteiger partial charge in [0.2, 0.25) is 11.8 Å². The summed E-state index contributed by atoms with van der Waals surface area (Å²) in [5.41, 5.74) is 2.62. The maximum absolute atomic E-state index is 16.7. The average Bonchev–Trinajstić information content (AvgIpc) is 4.15. The Morgan fingerprint density at radius 1 is 1.02 bits per heavy atom. The van der Waals surface area contributed by atoms with Crippen molar-refractivity contribution in [1.82, 2.24) is 40.8 Å². The van der Waals surface area contributed by atoms with Gasteiger partial charge >= 0.3 is 0 Å². The summed E-state index contributed by atoms with van der Waals surface area (Å²) in [4.78, 5) is 55.8. The van der Waals surface area contributed by atoms with Gasteiger partial charge in [-0.25, -0.2) is 18.4 Å². The highest BCUT2D eigenvalue weighted by Crippen LogP contribution is 2.52. The molecule has 0 spiro atoms. The van der Waals surface area contributed by atoms with E-state index in [2.05, 4.69) is 31.2 Å². The molecule has 6 heterocycles. The van der Waals surface area contributed by atoms with E-state index in [0.717, 1.165) is 36.1 Å². The molecule has 3 aromatic carbocycles. The number of rotatable bonds is 16. The van der Waals surface area contributed by atoms with E-state index in [-0.39, 0.29) is 97.6 Å². The molecule has 9 rings (SSSR count). The third-order valence-corrected chi connectivity index (χ3v) is 12.6. The van der Waals surface area contributed by atoms with Crippen molar-refractivity contribution in [3.63, 3.8) is 0 Å². The van der Waals surface area contributed by atoms with Crippen LogP contribution < -0.4 is 25.4 Å². The number of imide groups is 1. The zero-order chi connectivity index (χ0) is 45.2. The SMILES string of the molecule is CNC(=O)c1cnc(OCCOCCOCCn2cc(-c3ccc4c(c3)CN([C@H]3CCC(=O)NC3=O)C4=O)nn2)c(F)c1-c1c(Cl)c(F)cc2c1C[C@](c1ccccc1)([C@@H]1CCCN1)O2. The normalized spacial score (nSPS) is 20.1. The molecule has 4 aliphatic heterocycles. The molecular weight excluding hydrogens is 866 g/mol. The number of fused-ring (bicyclic) bond motifs is 2. The predicted octanol–water partition coefficient (Wildman–Crippen LogP) is 4.75. The number of halogens is 3. The largest absolute Gasteiger partial charge is 0.480 e. The van der Waals surface area contributed by atoms with Gasteiger partial charge in [-0.3, -0.25) is 24.5 Å². The highest BCUT2D eigenvalue weighted by molar-refractivity contribution is 6.34. The fourth-order valence-electron chi connectivity index (χ4n) is 9.09. The van der Waals surface area contributed by atoms with Gasteiger partial charge in [0.1, 0.15) is 29.9 Å². The van der Waals surface area contributed by atoms with Crippen LogP contribution in [0.4, 0.5) is 8.78 Å². The lowest BCUT2D eigenvalue weighted by Gasteiger charge is -2.35. The van der Waals surface area contributed by atoms with E-state index < -0.39 is 41.0 Å². The van der Waals surface area contributed by atoms with Gasteiger partial charge < -0.3 is 34.5 Å². The third-order valence-electron chi connectivity index (χ3n) is 12.3.